The van der Waals surface area contributed by atoms with Gasteiger partial charge >= 0.3 is 11.9 Å². The summed E-state index contributed by atoms with van der Waals surface area (Å²) in [4.78, 5) is 24.5. The van der Waals surface area contributed by atoms with Gasteiger partial charge in [-0.1, -0.05) is 6.92 Å². The molecule has 86 valence electrons. The first-order valence-electron chi connectivity index (χ1n) is 5.15. The lowest BCUT2D eigenvalue weighted by atomic mass is 10.2. The summed E-state index contributed by atoms with van der Waals surface area (Å²) in [5.74, 6) is -0.538. The number of esters is 2. The molecular weight excluding hydrogens is 198 g/mol. The molecule has 15 heavy (non-hydrogen) atoms. The number of carbonyl (C=O) groups is 2. The first-order chi connectivity index (χ1) is 7.15. The van der Waals surface area contributed by atoms with Crippen LogP contribution in [0.3, 0.4) is 0 Å². The number of hydrogen-bond donors (Lipinski definition) is 0. The predicted molar refractivity (Wildman–Crippen MR) is 53.2 cm³/mol. The van der Waals surface area contributed by atoms with Crippen LogP contribution < -0.4 is 0 Å². The lowest BCUT2D eigenvalue weighted by molar-refractivity contribution is -0.147. The molecule has 0 aromatic heterocycles. The van der Waals surface area contributed by atoms with E-state index in [9.17, 15) is 9.59 Å². The zero-order chi connectivity index (χ0) is 11.4. The molecule has 0 radical (unpaired) electrons. The molecular formula is C10H17NO4. The quantitative estimate of drug-likeness (QED) is 0.484. The second-order valence-corrected chi connectivity index (χ2v) is 3.41. The van der Waals surface area contributed by atoms with Gasteiger partial charge in [0.2, 0.25) is 0 Å². The third kappa shape index (κ3) is 2.68. The summed E-state index contributed by atoms with van der Waals surface area (Å²) in [6, 6.07) is -0.571. The molecule has 1 aliphatic heterocycles. The Labute approximate surface area is 89.3 Å². The highest BCUT2D eigenvalue weighted by Crippen LogP contribution is 2.25. The van der Waals surface area contributed by atoms with E-state index in [0.29, 0.717) is 19.6 Å². The van der Waals surface area contributed by atoms with E-state index in [4.69, 9.17) is 4.74 Å². The lowest BCUT2D eigenvalue weighted by Gasteiger charge is -2.13. The molecule has 5 heteroatoms. The molecule has 1 heterocycles. The smallest absolute Gasteiger partial charge is 0.324 e. The van der Waals surface area contributed by atoms with Gasteiger partial charge in [-0.05, 0) is 13.3 Å². The highest BCUT2D eigenvalue weighted by Gasteiger charge is 2.48. The van der Waals surface area contributed by atoms with Crippen LogP contribution in [0.25, 0.3) is 0 Å². The molecule has 1 fully saturated rings. The van der Waals surface area contributed by atoms with E-state index in [0.717, 1.165) is 0 Å². The highest BCUT2D eigenvalue weighted by molar-refractivity contribution is 5.82. The lowest BCUT2D eigenvalue weighted by Crippen LogP contribution is -2.32. The van der Waals surface area contributed by atoms with Gasteiger partial charge in [-0.25, -0.2) is 0 Å². The fourth-order valence-electron chi connectivity index (χ4n) is 1.62. The van der Waals surface area contributed by atoms with Crippen molar-refractivity contribution in [2.75, 3.05) is 20.3 Å². The Bertz CT molecular complexity index is 254. The van der Waals surface area contributed by atoms with Crippen LogP contribution in [0, 0.1) is 0 Å². The van der Waals surface area contributed by atoms with Crippen molar-refractivity contribution in [2.45, 2.75) is 32.4 Å². The molecule has 3 unspecified atom stereocenters. The third-order valence-corrected chi connectivity index (χ3v) is 2.47. The second-order valence-electron chi connectivity index (χ2n) is 3.41. The molecule has 0 aliphatic carbocycles. The fourth-order valence-corrected chi connectivity index (χ4v) is 1.62. The van der Waals surface area contributed by atoms with Crippen molar-refractivity contribution >= 4 is 11.9 Å². The Kier molecular flexibility index (Phi) is 4.08. The van der Waals surface area contributed by atoms with E-state index in [1.807, 2.05) is 6.92 Å². The summed E-state index contributed by atoms with van der Waals surface area (Å²) < 4.78 is 9.53. The van der Waals surface area contributed by atoms with Gasteiger partial charge in [0.05, 0.1) is 13.7 Å². The van der Waals surface area contributed by atoms with Crippen LogP contribution in [0.2, 0.25) is 0 Å². The van der Waals surface area contributed by atoms with E-state index in [-0.39, 0.29) is 24.0 Å². The van der Waals surface area contributed by atoms with Crippen LogP contribution >= 0.6 is 0 Å². The first-order valence-corrected chi connectivity index (χ1v) is 5.15. The maximum atomic E-state index is 11.3. The highest BCUT2D eigenvalue weighted by atomic mass is 16.5. The molecule has 0 aromatic rings. The van der Waals surface area contributed by atoms with Gasteiger partial charge in [-0.3, -0.25) is 14.5 Å². The Morgan fingerprint density at radius 2 is 2.13 bits per heavy atom. The monoisotopic (exact) mass is 215 g/mol. The van der Waals surface area contributed by atoms with Gasteiger partial charge in [-0.2, -0.15) is 0 Å². The molecule has 5 nitrogen and oxygen atoms in total. The van der Waals surface area contributed by atoms with Crippen LogP contribution in [0.5, 0.6) is 0 Å². The van der Waals surface area contributed by atoms with Crippen LogP contribution in [-0.2, 0) is 19.1 Å². The van der Waals surface area contributed by atoms with Crippen LogP contribution in [0.4, 0.5) is 0 Å². The minimum Gasteiger partial charge on any atom is -0.468 e. The van der Waals surface area contributed by atoms with Gasteiger partial charge in [0.1, 0.15) is 12.1 Å². The Morgan fingerprint density at radius 3 is 2.60 bits per heavy atom. The molecule has 0 N–H and O–H groups in total. The zero-order valence-corrected chi connectivity index (χ0v) is 9.36. The van der Waals surface area contributed by atoms with Crippen molar-refractivity contribution in [1.29, 1.82) is 0 Å². The van der Waals surface area contributed by atoms with E-state index >= 15 is 0 Å². The Hall–Kier alpha value is -1.10. The summed E-state index contributed by atoms with van der Waals surface area (Å²) in [5, 5.41) is 0. The molecule has 1 saturated heterocycles. The van der Waals surface area contributed by atoms with Crippen molar-refractivity contribution in [3.63, 3.8) is 0 Å². The maximum absolute atomic E-state index is 11.3. The molecule has 0 aromatic carbocycles. The number of nitrogens with zero attached hydrogens (tertiary/aromatic N) is 1. The Balaban J connectivity index is 2.47. The molecule has 0 bridgehead atoms. The van der Waals surface area contributed by atoms with Crippen molar-refractivity contribution in [1.82, 2.24) is 4.90 Å². The average Bonchev–Trinajstić information content (AvgIpc) is 2.99. The Morgan fingerprint density at radius 1 is 1.47 bits per heavy atom. The normalized spacial score (nSPS) is 25.5. The molecule has 1 aliphatic rings. The van der Waals surface area contributed by atoms with Crippen LogP contribution in [0.1, 0.15) is 20.3 Å². The number of carbonyl (C=O) groups excluding carboxylic acids is 2. The zero-order valence-electron chi connectivity index (χ0n) is 9.36. The summed E-state index contributed by atoms with van der Waals surface area (Å²) >= 11 is 0. The van der Waals surface area contributed by atoms with Gasteiger partial charge < -0.3 is 9.47 Å². The van der Waals surface area contributed by atoms with Gasteiger partial charge in [0, 0.05) is 6.54 Å². The van der Waals surface area contributed by atoms with Crippen molar-refractivity contribution in [3.05, 3.63) is 0 Å². The standard InChI is InChI=1S/C10H17NO4/c1-4-7(9(12)14-3)11-6-8(11)10(13)15-5-2/h7-8H,4-6H2,1-3H3. The molecule has 0 amide bonds. The van der Waals surface area contributed by atoms with Crippen molar-refractivity contribution in [3.8, 4) is 0 Å². The summed E-state index contributed by atoms with van der Waals surface area (Å²) in [6.07, 6.45) is 0.641. The molecule has 0 saturated carbocycles. The van der Waals surface area contributed by atoms with Crippen LogP contribution in [-0.4, -0.2) is 49.2 Å². The van der Waals surface area contributed by atoms with E-state index in [1.165, 1.54) is 7.11 Å². The molecule has 1 rings (SSSR count). The number of rotatable bonds is 5. The minimum absolute atomic E-state index is 0.250. The van der Waals surface area contributed by atoms with Gasteiger partial charge in [-0.15, -0.1) is 0 Å². The van der Waals surface area contributed by atoms with E-state index in [2.05, 4.69) is 4.74 Å². The second kappa shape index (κ2) is 5.11. The summed E-state index contributed by atoms with van der Waals surface area (Å²) in [5.41, 5.74) is 0. The molecule has 3 atom stereocenters. The van der Waals surface area contributed by atoms with Gasteiger partial charge in [0.15, 0.2) is 0 Å². The minimum atomic E-state index is -0.315. The number of ether oxygens (including phenoxy) is 2. The first kappa shape index (κ1) is 12.0. The van der Waals surface area contributed by atoms with E-state index in [1.54, 1.807) is 11.8 Å². The predicted octanol–water partition coefficient (Wildman–Crippen LogP) is 0.185. The van der Waals surface area contributed by atoms with Crippen LogP contribution in [0.15, 0.2) is 0 Å². The third-order valence-electron chi connectivity index (χ3n) is 2.47. The number of hydrogen-bond acceptors (Lipinski definition) is 5. The van der Waals surface area contributed by atoms with Crippen molar-refractivity contribution < 1.29 is 19.1 Å². The van der Waals surface area contributed by atoms with Gasteiger partial charge in [0.25, 0.3) is 0 Å². The van der Waals surface area contributed by atoms with Crippen molar-refractivity contribution in [2.24, 2.45) is 0 Å². The maximum Gasteiger partial charge on any atom is 0.324 e. The van der Waals surface area contributed by atoms with E-state index < -0.39 is 0 Å². The topological polar surface area (TPSA) is 55.6 Å². The summed E-state index contributed by atoms with van der Waals surface area (Å²) in [6.45, 7) is 4.62. The SMILES string of the molecule is CCOC(=O)C1CN1C(CC)C(=O)OC. The fraction of sp³-hybridized carbons (Fsp3) is 0.800. The number of methoxy groups -OCH3 is 1. The largest absolute Gasteiger partial charge is 0.468 e. The summed E-state index contributed by atoms with van der Waals surface area (Å²) in [7, 11) is 1.36. The molecule has 0 spiro atoms. The average molecular weight is 215 g/mol.